The van der Waals surface area contributed by atoms with E-state index >= 15 is 0 Å². The average molecular weight is 218 g/mol. The van der Waals surface area contributed by atoms with Crippen molar-refractivity contribution in [3.63, 3.8) is 0 Å². The lowest BCUT2D eigenvalue weighted by Crippen LogP contribution is -2.16. The second-order valence-corrected chi connectivity index (χ2v) is 5.61. The number of hydrogen-bond donors (Lipinski definition) is 0. The van der Waals surface area contributed by atoms with Crippen molar-refractivity contribution in [3.05, 3.63) is 23.8 Å². The molecule has 2 rings (SSSR count). The number of Topliss-reactive ketones (excluding diaryl/α,β-unsaturated/α-hetero) is 1. The fourth-order valence-corrected chi connectivity index (χ4v) is 1.55. The maximum Gasteiger partial charge on any atom is 0.183 e. The summed E-state index contributed by atoms with van der Waals surface area (Å²) in [6.45, 7) is 6.23. The first-order valence-electron chi connectivity index (χ1n) is 5.82. The minimum atomic E-state index is -0.0527. The molecule has 86 valence electrons. The smallest absolute Gasteiger partial charge is 0.183 e. The Balaban J connectivity index is 2.17. The Hall–Kier alpha value is -1.25. The van der Waals surface area contributed by atoms with Gasteiger partial charge in [0.25, 0.3) is 0 Å². The van der Waals surface area contributed by atoms with Gasteiger partial charge in [-0.15, -0.1) is 0 Å². The third kappa shape index (κ3) is 2.65. The molecule has 0 bridgehead atoms. The van der Waals surface area contributed by atoms with Crippen LogP contribution in [0.15, 0.2) is 12.4 Å². The molecule has 1 saturated carbocycles. The molecule has 0 saturated heterocycles. The molecule has 1 aromatic rings. The first kappa shape index (κ1) is 11.2. The van der Waals surface area contributed by atoms with E-state index in [0.717, 1.165) is 5.69 Å². The molecule has 1 aromatic heterocycles. The third-order valence-corrected chi connectivity index (χ3v) is 2.86. The van der Waals surface area contributed by atoms with Crippen LogP contribution in [0, 0.1) is 5.92 Å². The van der Waals surface area contributed by atoms with Gasteiger partial charge in [-0.2, -0.15) is 0 Å². The molecule has 1 heterocycles. The Bertz CT molecular complexity index is 403. The Morgan fingerprint density at radius 2 is 2.06 bits per heavy atom. The van der Waals surface area contributed by atoms with Crippen LogP contribution >= 0.6 is 0 Å². The first-order chi connectivity index (χ1) is 7.47. The molecule has 16 heavy (non-hydrogen) atoms. The number of carbonyl (C=O) groups excluding carboxylic acids is 1. The summed E-state index contributed by atoms with van der Waals surface area (Å²) in [6.07, 6.45) is 6.35. The van der Waals surface area contributed by atoms with Crippen LogP contribution in [0.5, 0.6) is 0 Å². The van der Waals surface area contributed by atoms with E-state index in [1.54, 1.807) is 12.4 Å². The number of carbonyl (C=O) groups is 1. The van der Waals surface area contributed by atoms with Gasteiger partial charge in [0.1, 0.15) is 5.69 Å². The third-order valence-electron chi connectivity index (χ3n) is 2.86. The monoisotopic (exact) mass is 218 g/mol. The van der Waals surface area contributed by atoms with Crippen molar-refractivity contribution in [2.75, 3.05) is 0 Å². The number of rotatable bonds is 3. The zero-order valence-corrected chi connectivity index (χ0v) is 10.2. The average Bonchev–Trinajstić information content (AvgIpc) is 3.00. The lowest BCUT2D eigenvalue weighted by atomic mass is 9.92. The molecule has 0 spiro atoms. The second kappa shape index (κ2) is 3.96. The summed E-state index contributed by atoms with van der Waals surface area (Å²) in [5.74, 6) is 0.744. The molecule has 1 aliphatic carbocycles. The lowest BCUT2D eigenvalue weighted by Gasteiger charge is -2.17. The Morgan fingerprint density at radius 3 is 2.62 bits per heavy atom. The Morgan fingerprint density at radius 1 is 1.38 bits per heavy atom. The summed E-state index contributed by atoms with van der Waals surface area (Å²) in [5.41, 5.74) is 1.36. The van der Waals surface area contributed by atoms with Crippen LogP contribution in [-0.4, -0.2) is 15.8 Å². The van der Waals surface area contributed by atoms with E-state index in [1.165, 1.54) is 12.8 Å². The predicted molar refractivity (Wildman–Crippen MR) is 62.4 cm³/mol. The molecule has 1 aliphatic rings. The standard InChI is InChI=1S/C13H18N2O/c1-13(2,3)12-8-14-7-10(15-12)11(16)6-9-4-5-9/h7-9H,4-6H2,1-3H3. The van der Waals surface area contributed by atoms with Crippen LogP contribution < -0.4 is 0 Å². The van der Waals surface area contributed by atoms with Gasteiger partial charge in [-0.1, -0.05) is 20.8 Å². The minimum Gasteiger partial charge on any atom is -0.292 e. The van der Waals surface area contributed by atoms with Crippen LogP contribution in [0.2, 0.25) is 0 Å². The van der Waals surface area contributed by atoms with Gasteiger partial charge < -0.3 is 0 Å². The topological polar surface area (TPSA) is 42.9 Å². The molecule has 0 unspecified atom stereocenters. The van der Waals surface area contributed by atoms with Crippen molar-refractivity contribution in [1.29, 1.82) is 0 Å². The highest BCUT2D eigenvalue weighted by atomic mass is 16.1. The van der Waals surface area contributed by atoms with E-state index in [2.05, 4.69) is 30.7 Å². The molecule has 1 fully saturated rings. The summed E-state index contributed by atoms with van der Waals surface area (Å²) in [6, 6.07) is 0. The summed E-state index contributed by atoms with van der Waals surface area (Å²) in [5, 5.41) is 0. The minimum absolute atomic E-state index is 0.0527. The highest BCUT2D eigenvalue weighted by Gasteiger charge is 2.26. The van der Waals surface area contributed by atoms with Gasteiger partial charge in [-0.3, -0.25) is 9.78 Å². The molecule has 3 heteroatoms. The number of ketones is 1. The van der Waals surface area contributed by atoms with E-state index in [9.17, 15) is 4.79 Å². The highest BCUT2D eigenvalue weighted by molar-refractivity contribution is 5.94. The van der Waals surface area contributed by atoms with Crippen molar-refractivity contribution in [3.8, 4) is 0 Å². The molecule has 0 aliphatic heterocycles. The van der Waals surface area contributed by atoms with Crippen LogP contribution in [0.4, 0.5) is 0 Å². The van der Waals surface area contributed by atoms with Crippen LogP contribution in [0.3, 0.4) is 0 Å². The predicted octanol–water partition coefficient (Wildman–Crippen LogP) is 2.76. The van der Waals surface area contributed by atoms with E-state index in [4.69, 9.17) is 0 Å². The maximum atomic E-state index is 11.9. The number of nitrogens with zero attached hydrogens (tertiary/aromatic N) is 2. The van der Waals surface area contributed by atoms with Crippen LogP contribution in [0.25, 0.3) is 0 Å². The van der Waals surface area contributed by atoms with E-state index in [0.29, 0.717) is 18.0 Å². The van der Waals surface area contributed by atoms with Crippen molar-refractivity contribution in [1.82, 2.24) is 9.97 Å². The molecule has 0 amide bonds. The number of hydrogen-bond acceptors (Lipinski definition) is 3. The van der Waals surface area contributed by atoms with E-state index < -0.39 is 0 Å². The van der Waals surface area contributed by atoms with E-state index in [1.807, 2.05) is 0 Å². The quantitative estimate of drug-likeness (QED) is 0.733. The maximum absolute atomic E-state index is 11.9. The summed E-state index contributed by atoms with van der Waals surface area (Å²) >= 11 is 0. The van der Waals surface area contributed by atoms with Gasteiger partial charge in [0.05, 0.1) is 11.9 Å². The normalized spacial score (nSPS) is 16.2. The summed E-state index contributed by atoms with van der Waals surface area (Å²) < 4.78 is 0. The van der Waals surface area contributed by atoms with Gasteiger partial charge in [0, 0.05) is 18.0 Å². The molecular weight excluding hydrogens is 200 g/mol. The number of aromatic nitrogens is 2. The largest absolute Gasteiger partial charge is 0.292 e. The lowest BCUT2D eigenvalue weighted by molar-refractivity contribution is 0.0970. The van der Waals surface area contributed by atoms with Crippen LogP contribution in [-0.2, 0) is 5.41 Å². The van der Waals surface area contributed by atoms with Crippen molar-refractivity contribution < 1.29 is 4.79 Å². The zero-order valence-electron chi connectivity index (χ0n) is 10.2. The fraction of sp³-hybridized carbons (Fsp3) is 0.615. The second-order valence-electron chi connectivity index (χ2n) is 5.61. The summed E-state index contributed by atoms with van der Waals surface area (Å²) in [4.78, 5) is 20.4. The van der Waals surface area contributed by atoms with Gasteiger partial charge in [0.15, 0.2) is 5.78 Å². The molecule has 0 atom stereocenters. The van der Waals surface area contributed by atoms with Gasteiger partial charge in [0.2, 0.25) is 0 Å². The van der Waals surface area contributed by atoms with E-state index in [-0.39, 0.29) is 11.2 Å². The fourth-order valence-electron chi connectivity index (χ4n) is 1.55. The molecular formula is C13H18N2O. The Kier molecular flexibility index (Phi) is 2.78. The molecule has 0 radical (unpaired) electrons. The summed E-state index contributed by atoms with van der Waals surface area (Å²) in [7, 11) is 0. The van der Waals surface area contributed by atoms with Crippen LogP contribution in [0.1, 0.15) is 56.2 Å². The SMILES string of the molecule is CC(C)(C)c1cncc(C(=O)CC2CC2)n1. The van der Waals surface area contributed by atoms with Crippen molar-refractivity contribution >= 4 is 5.78 Å². The Labute approximate surface area is 96.3 Å². The van der Waals surface area contributed by atoms with Gasteiger partial charge >= 0.3 is 0 Å². The zero-order chi connectivity index (χ0) is 11.8. The van der Waals surface area contributed by atoms with Crippen molar-refractivity contribution in [2.45, 2.75) is 45.4 Å². The highest BCUT2D eigenvalue weighted by Crippen LogP contribution is 2.33. The molecule has 3 nitrogen and oxygen atoms in total. The van der Waals surface area contributed by atoms with Crippen molar-refractivity contribution in [2.24, 2.45) is 5.92 Å². The van der Waals surface area contributed by atoms with Gasteiger partial charge in [-0.25, -0.2) is 4.98 Å². The molecule has 0 N–H and O–H groups in total. The molecule has 0 aromatic carbocycles. The first-order valence-corrected chi connectivity index (χ1v) is 5.82. The van der Waals surface area contributed by atoms with Gasteiger partial charge in [-0.05, 0) is 18.8 Å².